The molecule has 0 aromatic carbocycles. The van der Waals surface area contributed by atoms with Crippen LogP contribution in [0, 0.1) is 5.92 Å². The van der Waals surface area contributed by atoms with Crippen LogP contribution in [0.4, 0.5) is 13.2 Å². The highest BCUT2D eigenvalue weighted by atomic mass is 35.5. The second kappa shape index (κ2) is 10.7. The minimum absolute atomic E-state index is 0.110. The highest BCUT2D eigenvalue weighted by Gasteiger charge is 2.40. The summed E-state index contributed by atoms with van der Waals surface area (Å²) in [4.78, 5) is 18.3. The molecule has 1 aromatic heterocycles. The molecule has 0 atom stereocenters. The number of halogens is 4. The predicted molar refractivity (Wildman–Crippen MR) is 139 cm³/mol. The van der Waals surface area contributed by atoms with Crippen molar-refractivity contribution >= 4 is 23.1 Å². The first-order valence-electron chi connectivity index (χ1n) is 12.2. The zero-order chi connectivity index (χ0) is 26.9. The van der Waals surface area contributed by atoms with E-state index in [4.69, 9.17) is 16.0 Å². The number of allylic oxidation sites excluding steroid dienone is 6. The van der Waals surface area contributed by atoms with Gasteiger partial charge in [-0.3, -0.25) is 4.79 Å². The molecule has 9 heteroatoms. The molecular formula is C28H31ClF3N3O2. The predicted octanol–water partition coefficient (Wildman–Crippen LogP) is 6.81. The lowest BCUT2D eigenvalue weighted by Crippen LogP contribution is -2.40. The molecule has 1 saturated heterocycles. The van der Waals surface area contributed by atoms with Crippen molar-refractivity contribution < 1.29 is 22.4 Å². The number of rotatable bonds is 5. The van der Waals surface area contributed by atoms with Gasteiger partial charge in [0, 0.05) is 55.8 Å². The lowest BCUT2D eigenvalue weighted by molar-refractivity contribution is -0.128. The zero-order valence-corrected chi connectivity index (χ0v) is 22.0. The molecule has 1 amide bonds. The fourth-order valence-electron chi connectivity index (χ4n) is 5.03. The number of carbonyl (C=O) groups is 1. The maximum atomic E-state index is 13.8. The second-order valence-corrected chi connectivity index (χ2v) is 10.0. The van der Waals surface area contributed by atoms with Crippen LogP contribution in [0.15, 0.2) is 87.3 Å². The van der Waals surface area contributed by atoms with Crippen molar-refractivity contribution in [3.63, 3.8) is 0 Å². The summed E-state index contributed by atoms with van der Waals surface area (Å²) in [5, 5.41) is -0.110. The molecule has 0 spiro atoms. The first kappa shape index (κ1) is 26.9. The topological polar surface area (TPSA) is 39.9 Å². The number of hydrogen-bond donors (Lipinski definition) is 0. The minimum Gasteiger partial charge on any atom is -0.472 e. The molecule has 0 N–H and O–H groups in total. The second-order valence-electron chi connectivity index (χ2n) is 9.67. The Hall–Kier alpha value is -3.13. The van der Waals surface area contributed by atoms with Gasteiger partial charge in [0.2, 0.25) is 0 Å². The van der Waals surface area contributed by atoms with E-state index in [9.17, 15) is 18.0 Å². The lowest BCUT2D eigenvalue weighted by Gasteiger charge is -2.36. The van der Waals surface area contributed by atoms with Crippen molar-refractivity contribution in [2.45, 2.75) is 38.8 Å². The molecule has 1 aromatic rings. The van der Waals surface area contributed by atoms with Gasteiger partial charge in [0.05, 0.1) is 23.8 Å². The van der Waals surface area contributed by atoms with E-state index in [1.807, 2.05) is 14.1 Å². The summed E-state index contributed by atoms with van der Waals surface area (Å²) in [6.07, 6.45) is 8.77. The third-order valence-corrected chi connectivity index (χ3v) is 7.51. The average molecular weight is 534 g/mol. The average Bonchev–Trinajstić information content (AvgIpc) is 3.42. The molecule has 1 fully saturated rings. The number of likely N-dealkylation sites (N-methyl/N-ethyl adjacent to an activating group) is 1. The summed E-state index contributed by atoms with van der Waals surface area (Å²) in [6.45, 7) is 6.27. The molecule has 0 bridgehead atoms. The number of hydrogen-bond acceptors (Lipinski definition) is 4. The maximum Gasteiger partial charge on any atom is 0.418 e. The van der Waals surface area contributed by atoms with Gasteiger partial charge >= 0.3 is 6.18 Å². The molecule has 4 rings (SSSR count). The molecule has 5 nitrogen and oxygen atoms in total. The Balaban J connectivity index is 1.53. The highest BCUT2D eigenvalue weighted by molar-refractivity contribution is 6.31. The molecule has 2 aliphatic heterocycles. The van der Waals surface area contributed by atoms with Gasteiger partial charge in [0.15, 0.2) is 0 Å². The number of alkyl halides is 3. The number of carbonyl (C=O) groups excluding carboxylic acids is 1. The van der Waals surface area contributed by atoms with Crippen molar-refractivity contribution in [1.29, 1.82) is 0 Å². The molecule has 0 saturated carbocycles. The maximum absolute atomic E-state index is 13.8. The van der Waals surface area contributed by atoms with Gasteiger partial charge < -0.3 is 19.1 Å². The monoisotopic (exact) mass is 533 g/mol. The molecule has 3 heterocycles. The Bertz CT molecular complexity index is 1210. The Morgan fingerprint density at radius 2 is 1.86 bits per heavy atom. The van der Waals surface area contributed by atoms with Gasteiger partial charge in [-0.2, -0.15) is 13.2 Å². The molecule has 0 unspecified atom stereocenters. The van der Waals surface area contributed by atoms with Crippen molar-refractivity contribution in [3.8, 4) is 0 Å². The van der Waals surface area contributed by atoms with E-state index in [0.717, 1.165) is 36.7 Å². The molecule has 3 aliphatic rings. The smallest absolute Gasteiger partial charge is 0.418 e. The SMILES string of the molecule is C=C1C(C(F)(F)F)=CC(c2ccoc2)=CN1/C(Cl)=C(\C)C(=O)N1CCC(C2=CCCC=C2N(C)C)CC1. The minimum atomic E-state index is -4.65. The van der Waals surface area contributed by atoms with Crippen LogP contribution in [0.3, 0.4) is 0 Å². The fourth-order valence-corrected chi connectivity index (χ4v) is 5.26. The Morgan fingerprint density at radius 3 is 2.46 bits per heavy atom. The first-order chi connectivity index (χ1) is 17.5. The van der Waals surface area contributed by atoms with Crippen LogP contribution in [-0.2, 0) is 4.79 Å². The number of piperidine rings is 1. The van der Waals surface area contributed by atoms with Gasteiger partial charge in [-0.15, -0.1) is 0 Å². The number of nitrogens with zero attached hydrogens (tertiary/aromatic N) is 3. The molecule has 37 heavy (non-hydrogen) atoms. The summed E-state index contributed by atoms with van der Waals surface area (Å²) in [5.74, 6) is 0.0678. The van der Waals surface area contributed by atoms with Crippen molar-refractivity contribution in [1.82, 2.24) is 14.7 Å². The van der Waals surface area contributed by atoms with Gasteiger partial charge in [-0.05, 0) is 56.2 Å². The van der Waals surface area contributed by atoms with E-state index in [1.165, 1.54) is 36.9 Å². The van der Waals surface area contributed by atoms with E-state index >= 15 is 0 Å². The lowest BCUT2D eigenvalue weighted by atomic mass is 9.84. The molecule has 198 valence electrons. The zero-order valence-electron chi connectivity index (χ0n) is 21.2. The first-order valence-corrected chi connectivity index (χ1v) is 12.6. The summed E-state index contributed by atoms with van der Waals surface area (Å²) in [6, 6.07) is 1.56. The van der Waals surface area contributed by atoms with Crippen LogP contribution in [-0.4, -0.2) is 54.0 Å². The van der Waals surface area contributed by atoms with Gasteiger partial charge in [-0.25, -0.2) is 0 Å². The van der Waals surface area contributed by atoms with Gasteiger partial charge in [0.25, 0.3) is 5.91 Å². The summed E-state index contributed by atoms with van der Waals surface area (Å²) in [5.41, 5.74) is 2.17. The molecule has 1 aliphatic carbocycles. The van der Waals surface area contributed by atoms with Crippen molar-refractivity contribution in [3.05, 3.63) is 88.4 Å². The molecular weight excluding hydrogens is 503 g/mol. The van der Waals surface area contributed by atoms with Crippen LogP contribution in [0.25, 0.3) is 5.57 Å². The number of amides is 1. The van der Waals surface area contributed by atoms with E-state index in [2.05, 4.69) is 23.6 Å². The Labute approximate surface area is 220 Å². The summed E-state index contributed by atoms with van der Waals surface area (Å²) < 4.78 is 46.5. The summed E-state index contributed by atoms with van der Waals surface area (Å²) >= 11 is 6.58. The third kappa shape index (κ3) is 5.59. The van der Waals surface area contributed by atoms with Crippen LogP contribution in [0.5, 0.6) is 0 Å². The van der Waals surface area contributed by atoms with E-state index < -0.39 is 11.7 Å². The largest absolute Gasteiger partial charge is 0.472 e. The van der Waals surface area contributed by atoms with E-state index in [0.29, 0.717) is 24.6 Å². The van der Waals surface area contributed by atoms with Crippen LogP contribution >= 0.6 is 11.6 Å². The molecule has 0 radical (unpaired) electrons. The fraction of sp³-hybridized carbons (Fsp3) is 0.393. The van der Waals surface area contributed by atoms with E-state index in [-0.39, 0.29) is 27.9 Å². The summed E-state index contributed by atoms with van der Waals surface area (Å²) in [7, 11) is 4.08. The quantitative estimate of drug-likeness (QED) is 0.308. The standard InChI is InChI=1S/C28H31ClF3N3O2/c1-18(27(36)34-12-9-20(10-13-34)23-7-5-6-8-25(23)33(3)4)26(29)35-16-22(21-11-14-37-17-21)15-24(19(35)2)28(30,31)32/h7-8,11,14-17,20H,2,5-6,9-10,12-13H2,1,3-4H3/b26-18+. The third-order valence-electron chi connectivity index (χ3n) is 7.04. The van der Waals surface area contributed by atoms with E-state index in [1.54, 1.807) is 11.0 Å². The van der Waals surface area contributed by atoms with Crippen LogP contribution < -0.4 is 0 Å². The Morgan fingerprint density at radius 1 is 1.19 bits per heavy atom. The Kier molecular flexibility index (Phi) is 7.78. The normalized spacial score (nSPS) is 20.1. The highest BCUT2D eigenvalue weighted by Crippen LogP contribution is 2.41. The van der Waals surface area contributed by atoms with Gasteiger partial charge in [-0.1, -0.05) is 30.3 Å². The van der Waals surface area contributed by atoms with Gasteiger partial charge in [0.1, 0.15) is 5.16 Å². The number of furan rings is 1. The van der Waals surface area contributed by atoms with Crippen LogP contribution in [0.1, 0.15) is 38.2 Å². The number of likely N-dealkylation sites (tertiary alicyclic amines) is 1. The van der Waals surface area contributed by atoms with Crippen molar-refractivity contribution in [2.75, 3.05) is 27.2 Å². The van der Waals surface area contributed by atoms with Crippen LogP contribution in [0.2, 0.25) is 0 Å². The van der Waals surface area contributed by atoms with Crippen molar-refractivity contribution in [2.24, 2.45) is 5.92 Å².